The lowest BCUT2D eigenvalue weighted by atomic mass is 10.0. The molecule has 0 saturated heterocycles. The van der Waals surface area contributed by atoms with E-state index in [1.807, 2.05) is 27.2 Å². The smallest absolute Gasteiger partial charge is 0.268 e. The SMILES string of the molecule is CC/C=C\C/C=C\C/C=C\C/C=C\C/C=C\C/C=C\CCCCCCCCCCCCCCCCCCCCC(=O)NC(COP(=O)([O-])OCC[N+](C)(C)C)C(O)/C=C/CC/C=C/CC/C=C/CCCCCCCCCCCCC. The number of nitrogens with one attached hydrogen (secondary N) is 1. The van der Waals surface area contributed by atoms with Crippen molar-refractivity contribution in [1.29, 1.82) is 0 Å². The van der Waals surface area contributed by atoms with Crippen molar-refractivity contribution in [3.63, 3.8) is 0 Å². The predicted molar refractivity (Wildman–Crippen MR) is 348 cm³/mol. The Balaban J connectivity index is 4.09. The number of amides is 1. The van der Waals surface area contributed by atoms with Gasteiger partial charge in [-0.1, -0.05) is 290 Å². The normalized spacial score (nSPS) is 14.4. The maximum absolute atomic E-state index is 13.0. The number of phosphoric acid groups is 1. The van der Waals surface area contributed by atoms with Crippen LogP contribution in [0, 0.1) is 0 Å². The summed E-state index contributed by atoms with van der Waals surface area (Å²) in [4.78, 5) is 25.6. The van der Waals surface area contributed by atoms with Crippen LogP contribution in [0.1, 0.15) is 284 Å². The molecule has 0 rings (SSSR count). The molecular weight excluding hydrogens is 1010 g/mol. The van der Waals surface area contributed by atoms with Crippen molar-refractivity contribution >= 4 is 13.7 Å². The fourth-order valence-electron chi connectivity index (χ4n) is 9.31. The van der Waals surface area contributed by atoms with Crippen LogP contribution in [-0.4, -0.2) is 68.5 Å². The van der Waals surface area contributed by atoms with Gasteiger partial charge in [0.2, 0.25) is 5.91 Å². The number of carbonyl (C=O) groups is 1. The molecule has 462 valence electrons. The van der Waals surface area contributed by atoms with E-state index in [9.17, 15) is 19.4 Å². The summed E-state index contributed by atoms with van der Waals surface area (Å²) in [5.41, 5.74) is 0. The molecule has 0 radical (unpaired) electrons. The van der Waals surface area contributed by atoms with Crippen molar-refractivity contribution in [1.82, 2.24) is 5.32 Å². The van der Waals surface area contributed by atoms with E-state index in [0.717, 1.165) is 83.5 Å². The number of quaternary nitrogens is 1. The third kappa shape index (κ3) is 62.8. The van der Waals surface area contributed by atoms with Crippen molar-refractivity contribution in [2.45, 2.75) is 296 Å². The van der Waals surface area contributed by atoms with Gasteiger partial charge < -0.3 is 28.8 Å². The maximum Gasteiger partial charge on any atom is 0.268 e. The largest absolute Gasteiger partial charge is 0.756 e. The number of unbranched alkanes of at least 4 members (excludes halogenated alkanes) is 31. The van der Waals surface area contributed by atoms with Gasteiger partial charge in [0.25, 0.3) is 7.82 Å². The van der Waals surface area contributed by atoms with Gasteiger partial charge in [-0.25, -0.2) is 0 Å². The Morgan fingerprint density at radius 2 is 0.775 bits per heavy atom. The van der Waals surface area contributed by atoms with Crippen LogP contribution in [0.2, 0.25) is 0 Å². The second-order valence-electron chi connectivity index (χ2n) is 23.4. The molecule has 0 spiro atoms. The molecule has 0 aliphatic rings. The van der Waals surface area contributed by atoms with Crippen LogP contribution in [0.15, 0.2) is 109 Å². The van der Waals surface area contributed by atoms with Crippen LogP contribution < -0.4 is 10.2 Å². The quantitative estimate of drug-likeness (QED) is 0.0272. The molecule has 2 N–H and O–H groups in total. The first kappa shape index (κ1) is 77.2. The van der Waals surface area contributed by atoms with Crippen LogP contribution in [0.5, 0.6) is 0 Å². The summed E-state index contributed by atoms with van der Waals surface area (Å²) < 4.78 is 23.4. The summed E-state index contributed by atoms with van der Waals surface area (Å²) in [5, 5.41) is 13.9. The van der Waals surface area contributed by atoms with E-state index in [4.69, 9.17) is 9.05 Å². The highest BCUT2D eigenvalue weighted by atomic mass is 31.2. The van der Waals surface area contributed by atoms with Crippen molar-refractivity contribution in [2.24, 2.45) is 0 Å². The van der Waals surface area contributed by atoms with Gasteiger partial charge in [0.1, 0.15) is 13.2 Å². The molecule has 0 aliphatic carbocycles. The van der Waals surface area contributed by atoms with Crippen molar-refractivity contribution in [3.8, 4) is 0 Å². The number of allylic oxidation sites excluding steroid dienone is 17. The van der Waals surface area contributed by atoms with Gasteiger partial charge in [0.15, 0.2) is 0 Å². The van der Waals surface area contributed by atoms with E-state index in [-0.39, 0.29) is 12.5 Å². The zero-order chi connectivity index (χ0) is 58.4. The summed E-state index contributed by atoms with van der Waals surface area (Å²) in [6.45, 7) is 4.52. The Morgan fingerprint density at radius 3 is 1.16 bits per heavy atom. The monoisotopic (exact) mass is 1130 g/mol. The minimum Gasteiger partial charge on any atom is -0.756 e. The summed E-state index contributed by atoms with van der Waals surface area (Å²) in [7, 11) is 1.23. The molecule has 0 fully saturated rings. The molecule has 3 atom stereocenters. The Morgan fingerprint density at radius 1 is 0.450 bits per heavy atom. The van der Waals surface area contributed by atoms with Gasteiger partial charge in [-0.05, 0) is 96.3 Å². The lowest BCUT2D eigenvalue weighted by Crippen LogP contribution is -2.45. The topological polar surface area (TPSA) is 108 Å². The van der Waals surface area contributed by atoms with E-state index in [1.165, 1.54) is 180 Å². The van der Waals surface area contributed by atoms with E-state index >= 15 is 0 Å². The highest BCUT2D eigenvalue weighted by Crippen LogP contribution is 2.38. The first-order valence-corrected chi connectivity index (χ1v) is 34.7. The summed E-state index contributed by atoms with van der Waals surface area (Å²) in [6, 6.07) is -0.915. The molecule has 0 bridgehead atoms. The molecule has 1 amide bonds. The van der Waals surface area contributed by atoms with Gasteiger partial charge in [-0.15, -0.1) is 0 Å². The lowest BCUT2D eigenvalue weighted by Gasteiger charge is -2.29. The third-order valence-electron chi connectivity index (χ3n) is 14.4. The fraction of sp³-hybridized carbons (Fsp3) is 0.732. The zero-order valence-corrected chi connectivity index (χ0v) is 53.6. The number of phosphoric ester groups is 1. The third-order valence-corrected chi connectivity index (χ3v) is 15.4. The van der Waals surface area contributed by atoms with E-state index < -0.39 is 26.6 Å². The maximum atomic E-state index is 13.0. The van der Waals surface area contributed by atoms with E-state index in [1.54, 1.807) is 6.08 Å². The molecule has 0 aliphatic heterocycles. The molecule has 0 aromatic rings. The molecule has 0 aromatic carbocycles. The number of rotatable bonds is 60. The summed E-state index contributed by atoms with van der Waals surface area (Å²) in [5.74, 6) is -0.211. The second kappa shape index (κ2) is 60.7. The number of aliphatic hydroxyl groups excluding tert-OH is 1. The number of likely N-dealkylation sites (N-methyl/N-ethyl adjacent to an activating group) is 1. The Labute approximate surface area is 495 Å². The standard InChI is InChI=1S/C71H127N2O6P/c1-6-8-10-12-14-16-18-20-22-24-26-28-29-30-31-32-33-34-35-36-37-38-39-40-41-42-43-45-47-49-51-53-55-57-59-61-63-65-71(75)72-69(68-79-80(76,77)78-67-66-73(3,4)5)70(74)64-62-60-58-56-54-52-50-48-46-44-27-25-23-21-19-17-15-13-11-9-7-2/h8,10,14,16,20,22,26,28,30-31,33-34,46,48,54,56,62,64,69-70,74H,6-7,9,11-13,15,17-19,21,23-25,27,29,32,35-45,47,49-53,55,57-61,63,65-68H2,1-5H3,(H-,72,75,76,77)/b10-8-,16-14-,22-20-,28-26-,31-30-,34-33-,48-46+,56-54+,64-62+. The molecule has 0 heterocycles. The van der Waals surface area contributed by atoms with E-state index in [2.05, 4.69) is 116 Å². The molecule has 0 aromatic heterocycles. The molecule has 0 saturated carbocycles. The van der Waals surface area contributed by atoms with E-state index in [0.29, 0.717) is 17.4 Å². The average molecular weight is 1140 g/mol. The number of hydrogen-bond acceptors (Lipinski definition) is 6. The van der Waals surface area contributed by atoms with Gasteiger partial charge >= 0.3 is 0 Å². The first-order valence-electron chi connectivity index (χ1n) is 33.2. The molecule has 80 heavy (non-hydrogen) atoms. The Bertz CT molecular complexity index is 1670. The number of hydrogen-bond donors (Lipinski definition) is 2. The van der Waals surface area contributed by atoms with Gasteiger partial charge in [-0.3, -0.25) is 9.36 Å². The first-order chi connectivity index (χ1) is 39.0. The fourth-order valence-corrected chi connectivity index (χ4v) is 10.0. The highest BCUT2D eigenvalue weighted by Gasteiger charge is 2.23. The summed E-state index contributed by atoms with van der Waals surface area (Å²) in [6.07, 6.45) is 89.1. The van der Waals surface area contributed by atoms with Gasteiger partial charge in [0, 0.05) is 6.42 Å². The van der Waals surface area contributed by atoms with Crippen molar-refractivity contribution < 1.29 is 32.9 Å². The van der Waals surface area contributed by atoms with Crippen molar-refractivity contribution in [2.75, 3.05) is 40.9 Å². The number of aliphatic hydroxyl groups is 1. The Kier molecular flexibility index (Phi) is 58.6. The van der Waals surface area contributed by atoms with Crippen LogP contribution in [-0.2, 0) is 18.4 Å². The minimum absolute atomic E-state index is 0.0118. The molecule has 3 unspecified atom stereocenters. The van der Waals surface area contributed by atoms with Gasteiger partial charge in [0.05, 0.1) is 39.9 Å². The van der Waals surface area contributed by atoms with Crippen molar-refractivity contribution in [3.05, 3.63) is 109 Å². The molecule has 8 nitrogen and oxygen atoms in total. The molecule has 9 heteroatoms. The lowest BCUT2D eigenvalue weighted by molar-refractivity contribution is -0.870. The predicted octanol–water partition coefficient (Wildman–Crippen LogP) is 20.5. The van der Waals surface area contributed by atoms with Gasteiger partial charge in [-0.2, -0.15) is 0 Å². The highest BCUT2D eigenvalue weighted by molar-refractivity contribution is 7.45. The number of carbonyl (C=O) groups excluding carboxylic acids is 1. The summed E-state index contributed by atoms with van der Waals surface area (Å²) >= 11 is 0. The zero-order valence-electron chi connectivity index (χ0n) is 52.7. The number of nitrogens with zero attached hydrogens (tertiary/aromatic N) is 1. The van der Waals surface area contributed by atoms with Crippen LogP contribution in [0.3, 0.4) is 0 Å². The van der Waals surface area contributed by atoms with Crippen LogP contribution >= 0.6 is 7.82 Å². The average Bonchev–Trinajstić information content (AvgIpc) is 3.42. The minimum atomic E-state index is -4.62. The van der Waals surface area contributed by atoms with Crippen LogP contribution in [0.25, 0.3) is 0 Å². The Hall–Kier alpha value is -2.84. The second-order valence-corrected chi connectivity index (χ2v) is 24.8. The van der Waals surface area contributed by atoms with Crippen LogP contribution in [0.4, 0.5) is 0 Å². The molecular formula is C71H127N2O6P.